The molecule has 0 saturated carbocycles. The smallest absolute Gasteiger partial charge is 0.224 e. The lowest BCUT2D eigenvalue weighted by molar-refractivity contribution is -0.121. The van der Waals surface area contributed by atoms with Crippen LogP contribution in [0.3, 0.4) is 0 Å². The molecule has 134 valence electrons. The average molecular weight is 360 g/mol. The van der Waals surface area contributed by atoms with Crippen molar-refractivity contribution in [2.75, 3.05) is 18.8 Å². The molecule has 0 aromatic heterocycles. The van der Waals surface area contributed by atoms with E-state index in [1.165, 1.54) is 5.56 Å². The molecule has 25 heavy (non-hydrogen) atoms. The number of amides is 1. The fourth-order valence-corrected chi connectivity index (χ4v) is 3.24. The summed E-state index contributed by atoms with van der Waals surface area (Å²) < 4.78 is 0. The van der Waals surface area contributed by atoms with Gasteiger partial charge in [0.15, 0.2) is 0 Å². The van der Waals surface area contributed by atoms with Crippen LogP contribution < -0.4 is 11.1 Å². The van der Waals surface area contributed by atoms with Gasteiger partial charge in [0, 0.05) is 31.4 Å². The molecule has 1 aliphatic heterocycles. The Morgan fingerprint density at radius 3 is 2.40 bits per heavy atom. The minimum absolute atomic E-state index is 0. The van der Waals surface area contributed by atoms with Gasteiger partial charge in [0.25, 0.3) is 0 Å². The molecule has 0 atom stereocenters. The number of nitrogen functional groups attached to an aromatic ring is 1. The van der Waals surface area contributed by atoms with Crippen LogP contribution in [0.15, 0.2) is 54.6 Å². The second kappa shape index (κ2) is 9.44. The fourth-order valence-electron chi connectivity index (χ4n) is 3.24. The van der Waals surface area contributed by atoms with Crippen LogP contribution in [0, 0.1) is 0 Å². The average Bonchev–Trinajstić information content (AvgIpc) is 2.57. The fraction of sp³-hybridized carbons (Fsp3) is 0.350. The number of hydrogen-bond donors (Lipinski definition) is 2. The topological polar surface area (TPSA) is 58.4 Å². The number of hydrogen-bond acceptors (Lipinski definition) is 3. The molecular weight excluding hydrogens is 334 g/mol. The molecule has 1 amide bonds. The summed E-state index contributed by atoms with van der Waals surface area (Å²) >= 11 is 0. The first kappa shape index (κ1) is 19.3. The zero-order chi connectivity index (χ0) is 16.8. The van der Waals surface area contributed by atoms with Gasteiger partial charge in [-0.2, -0.15) is 0 Å². The predicted octanol–water partition coefficient (Wildman–Crippen LogP) is 3.01. The monoisotopic (exact) mass is 359 g/mol. The van der Waals surface area contributed by atoms with Crippen LogP contribution in [0.25, 0.3) is 0 Å². The van der Waals surface area contributed by atoms with E-state index in [4.69, 9.17) is 5.73 Å². The highest BCUT2D eigenvalue weighted by Crippen LogP contribution is 2.14. The molecule has 3 N–H and O–H groups in total. The van der Waals surface area contributed by atoms with Crippen molar-refractivity contribution in [3.05, 3.63) is 65.7 Å². The van der Waals surface area contributed by atoms with E-state index >= 15 is 0 Å². The van der Waals surface area contributed by atoms with E-state index in [1.807, 2.05) is 30.3 Å². The molecule has 1 aliphatic rings. The van der Waals surface area contributed by atoms with Crippen molar-refractivity contribution in [3.63, 3.8) is 0 Å². The molecule has 2 aromatic rings. The van der Waals surface area contributed by atoms with E-state index in [0.717, 1.165) is 38.0 Å². The quantitative estimate of drug-likeness (QED) is 0.807. The third kappa shape index (κ3) is 6.07. The molecule has 1 fully saturated rings. The standard InChI is InChI=1S/C20H25N3O.ClH/c21-18-8-4-7-17(13-18)14-20(24)22-19-9-11-23(12-10-19)15-16-5-2-1-3-6-16;/h1-8,13,19H,9-12,14-15,21H2,(H,22,24);1H. The zero-order valence-corrected chi connectivity index (χ0v) is 15.2. The summed E-state index contributed by atoms with van der Waals surface area (Å²) in [6.45, 7) is 3.04. The third-order valence-electron chi connectivity index (χ3n) is 4.52. The van der Waals surface area contributed by atoms with Crippen molar-refractivity contribution < 1.29 is 4.79 Å². The highest BCUT2D eigenvalue weighted by molar-refractivity contribution is 5.85. The number of nitrogens with one attached hydrogen (secondary N) is 1. The van der Waals surface area contributed by atoms with Crippen molar-refractivity contribution >= 4 is 24.0 Å². The first-order chi connectivity index (χ1) is 11.7. The zero-order valence-electron chi connectivity index (χ0n) is 14.4. The molecule has 5 heteroatoms. The van der Waals surface area contributed by atoms with Gasteiger partial charge in [-0.3, -0.25) is 9.69 Å². The van der Waals surface area contributed by atoms with Crippen LogP contribution in [0.4, 0.5) is 5.69 Å². The number of benzene rings is 2. The lowest BCUT2D eigenvalue weighted by Crippen LogP contribution is -2.44. The van der Waals surface area contributed by atoms with Crippen molar-refractivity contribution in [1.29, 1.82) is 0 Å². The summed E-state index contributed by atoms with van der Waals surface area (Å²) in [5.41, 5.74) is 8.78. The second-order valence-electron chi connectivity index (χ2n) is 6.53. The number of nitrogens with zero attached hydrogens (tertiary/aromatic N) is 1. The van der Waals surface area contributed by atoms with Crippen molar-refractivity contribution in [2.24, 2.45) is 0 Å². The molecule has 3 rings (SSSR count). The Morgan fingerprint density at radius 1 is 1.04 bits per heavy atom. The number of halogens is 1. The lowest BCUT2D eigenvalue weighted by Gasteiger charge is -2.32. The molecular formula is C20H26ClN3O. The summed E-state index contributed by atoms with van der Waals surface area (Å²) in [5, 5.41) is 3.16. The molecule has 1 saturated heterocycles. The number of anilines is 1. The van der Waals surface area contributed by atoms with Crippen LogP contribution >= 0.6 is 12.4 Å². The Morgan fingerprint density at radius 2 is 1.72 bits per heavy atom. The Bertz CT molecular complexity index is 670. The van der Waals surface area contributed by atoms with Crippen LogP contribution in [-0.4, -0.2) is 29.9 Å². The number of carbonyl (C=O) groups excluding carboxylic acids is 1. The van der Waals surface area contributed by atoms with Gasteiger partial charge in [-0.05, 0) is 36.1 Å². The minimum Gasteiger partial charge on any atom is -0.399 e. The van der Waals surface area contributed by atoms with Gasteiger partial charge in [0.2, 0.25) is 5.91 Å². The van der Waals surface area contributed by atoms with E-state index in [1.54, 1.807) is 0 Å². The van der Waals surface area contributed by atoms with Crippen molar-refractivity contribution in [2.45, 2.75) is 31.8 Å². The van der Waals surface area contributed by atoms with Gasteiger partial charge >= 0.3 is 0 Å². The summed E-state index contributed by atoms with van der Waals surface area (Å²) in [6, 6.07) is 18.4. The number of piperidine rings is 1. The molecule has 0 unspecified atom stereocenters. The van der Waals surface area contributed by atoms with E-state index < -0.39 is 0 Å². The van der Waals surface area contributed by atoms with Crippen molar-refractivity contribution in [3.8, 4) is 0 Å². The summed E-state index contributed by atoms with van der Waals surface area (Å²) in [6.07, 6.45) is 2.42. The van der Waals surface area contributed by atoms with Crippen LogP contribution in [-0.2, 0) is 17.8 Å². The highest BCUT2D eigenvalue weighted by atomic mass is 35.5. The number of rotatable bonds is 5. The summed E-state index contributed by atoms with van der Waals surface area (Å²) in [7, 11) is 0. The summed E-state index contributed by atoms with van der Waals surface area (Å²) in [4.78, 5) is 14.7. The second-order valence-corrected chi connectivity index (χ2v) is 6.53. The number of likely N-dealkylation sites (tertiary alicyclic amines) is 1. The van der Waals surface area contributed by atoms with Gasteiger partial charge < -0.3 is 11.1 Å². The maximum absolute atomic E-state index is 12.2. The Labute approximate surface area is 155 Å². The molecule has 0 spiro atoms. The number of nitrogens with two attached hydrogens (primary N) is 1. The molecule has 4 nitrogen and oxygen atoms in total. The van der Waals surface area contributed by atoms with Gasteiger partial charge in [-0.15, -0.1) is 12.4 Å². The van der Waals surface area contributed by atoms with Crippen LogP contribution in [0.5, 0.6) is 0 Å². The number of carbonyl (C=O) groups is 1. The van der Waals surface area contributed by atoms with Gasteiger partial charge in [0.05, 0.1) is 6.42 Å². The molecule has 0 aliphatic carbocycles. The minimum atomic E-state index is 0. The Balaban J connectivity index is 0.00000225. The lowest BCUT2D eigenvalue weighted by atomic mass is 10.0. The summed E-state index contributed by atoms with van der Waals surface area (Å²) in [5.74, 6) is 0.0853. The maximum atomic E-state index is 12.2. The van der Waals surface area contributed by atoms with Crippen LogP contribution in [0.2, 0.25) is 0 Å². The normalized spacial score (nSPS) is 15.4. The highest BCUT2D eigenvalue weighted by Gasteiger charge is 2.20. The van der Waals surface area contributed by atoms with E-state index in [2.05, 4.69) is 34.5 Å². The molecule has 2 aromatic carbocycles. The van der Waals surface area contributed by atoms with Gasteiger partial charge in [-0.1, -0.05) is 42.5 Å². The SMILES string of the molecule is Cl.Nc1cccc(CC(=O)NC2CCN(Cc3ccccc3)CC2)c1. The predicted molar refractivity (Wildman–Crippen MR) is 105 cm³/mol. The maximum Gasteiger partial charge on any atom is 0.224 e. The van der Waals surface area contributed by atoms with E-state index in [9.17, 15) is 4.79 Å². The molecule has 1 heterocycles. The Hall–Kier alpha value is -2.04. The van der Waals surface area contributed by atoms with Crippen molar-refractivity contribution in [1.82, 2.24) is 10.2 Å². The molecule has 0 bridgehead atoms. The van der Waals surface area contributed by atoms with Crippen LogP contribution in [0.1, 0.15) is 24.0 Å². The third-order valence-corrected chi connectivity index (χ3v) is 4.52. The van der Waals surface area contributed by atoms with Gasteiger partial charge in [-0.25, -0.2) is 0 Å². The Kier molecular flexibility index (Phi) is 7.29. The molecule has 0 radical (unpaired) electrons. The first-order valence-corrected chi connectivity index (χ1v) is 8.59. The largest absolute Gasteiger partial charge is 0.399 e. The first-order valence-electron chi connectivity index (χ1n) is 8.59. The van der Waals surface area contributed by atoms with Gasteiger partial charge in [0.1, 0.15) is 0 Å². The van der Waals surface area contributed by atoms with E-state index in [0.29, 0.717) is 12.1 Å². The van der Waals surface area contributed by atoms with E-state index in [-0.39, 0.29) is 24.4 Å².